The van der Waals surface area contributed by atoms with E-state index in [0.29, 0.717) is 5.75 Å². The molecule has 0 bridgehead atoms. The quantitative estimate of drug-likeness (QED) is 0.665. The summed E-state index contributed by atoms with van der Waals surface area (Å²) in [5.74, 6) is 0.0436. The van der Waals surface area contributed by atoms with E-state index in [4.69, 9.17) is 9.47 Å². The molecule has 110 valence electrons. The molecule has 0 spiro atoms. The Kier molecular flexibility index (Phi) is 6.03. The van der Waals surface area contributed by atoms with Gasteiger partial charge in [-0.1, -0.05) is 26.0 Å². The fourth-order valence-electron chi connectivity index (χ4n) is 1.31. The smallest absolute Gasteiger partial charge is 0.407 e. The van der Waals surface area contributed by atoms with Crippen molar-refractivity contribution in [2.75, 3.05) is 0 Å². The first kappa shape index (κ1) is 16.0. The molecule has 1 rings (SSSR count). The fraction of sp³-hybridized carbons (Fsp3) is 0.467. The van der Waals surface area contributed by atoms with Crippen LogP contribution in [0.3, 0.4) is 0 Å². The Bertz CT molecular complexity index is 451. The lowest BCUT2D eigenvalue weighted by Gasteiger charge is -2.10. The molecule has 5 heteroatoms. The summed E-state index contributed by atoms with van der Waals surface area (Å²) in [6.07, 6.45) is -0.449. The zero-order valence-corrected chi connectivity index (χ0v) is 12.3. The van der Waals surface area contributed by atoms with Gasteiger partial charge in [-0.2, -0.15) is 0 Å². The van der Waals surface area contributed by atoms with Crippen LogP contribution < -0.4 is 10.1 Å². The minimum atomic E-state index is -0.449. The number of amides is 1. The highest BCUT2D eigenvalue weighted by Gasteiger charge is 2.09. The predicted molar refractivity (Wildman–Crippen MR) is 75.4 cm³/mol. The van der Waals surface area contributed by atoms with Crippen LogP contribution in [0.4, 0.5) is 4.79 Å². The molecule has 0 unspecified atom stereocenters. The number of hydrogen-bond donors (Lipinski definition) is 1. The van der Waals surface area contributed by atoms with Crippen LogP contribution in [0.1, 0.15) is 33.3 Å². The van der Waals surface area contributed by atoms with Gasteiger partial charge in [0.15, 0.2) is 0 Å². The van der Waals surface area contributed by atoms with Crippen LogP contribution in [0.15, 0.2) is 24.3 Å². The van der Waals surface area contributed by atoms with E-state index in [-0.39, 0.29) is 24.5 Å². The second-order valence-corrected chi connectivity index (χ2v) is 5.09. The first-order valence-electron chi connectivity index (χ1n) is 6.62. The number of alkyl carbamates (subject to hydrolysis) is 1. The average Bonchev–Trinajstić information content (AvgIpc) is 2.37. The number of benzene rings is 1. The molecule has 20 heavy (non-hydrogen) atoms. The first-order chi connectivity index (χ1) is 9.38. The highest BCUT2D eigenvalue weighted by molar-refractivity contribution is 5.74. The van der Waals surface area contributed by atoms with E-state index in [2.05, 4.69) is 5.32 Å². The maximum absolute atomic E-state index is 11.4. The van der Waals surface area contributed by atoms with Crippen molar-refractivity contribution in [2.24, 2.45) is 5.92 Å². The number of carbonyl (C=O) groups is 2. The molecule has 0 atom stereocenters. The number of rotatable bonds is 5. The van der Waals surface area contributed by atoms with Gasteiger partial charge in [0.2, 0.25) is 0 Å². The Labute approximate surface area is 119 Å². The molecule has 1 amide bonds. The van der Waals surface area contributed by atoms with Gasteiger partial charge in [-0.25, -0.2) is 4.79 Å². The molecule has 0 radical (unpaired) electrons. The maximum Gasteiger partial charge on any atom is 0.407 e. The van der Waals surface area contributed by atoms with Crippen LogP contribution in [0.5, 0.6) is 5.75 Å². The summed E-state index contributed by atoms with van der Waals surface area (Å²) in [6.45, 7) is 7.45. The minimum absolute atomic E-state index is 0.0420. The largest absolute Gasteiger partial charge is 0.445 e. The molecule has 0 aromatic heterocycles. The van der Waals surface area contributed by atoms with E-state index >= 15 is 0 Å². The van der Waals surface area contributed by atoms with E-state index in [0.717, 1.165) is 5.56 Å². The van der Waals surface area contributed by atoms with Gasteiger partial charge in [0, 0.05) is 6.04 Å². The third-order valence-electron chi connectivity index (χ3n) is 2.39. The third kappa shape index (κ3) is 5.73. The predicted octanol–water partition coefficient (Wildman–Crippen LogP) is 2.88. The molecule has 0 saturated carbocycles. The Morgan fingerprint density at radius 2 is 1.70 bits per heavy atom. The summed E-state index contributed by atoms with van der Waals surface area (Å²) >= 11 is 0. The summed E-state index contributed by atoms with van der Waals surface area (Å²) in [4.78, 5) is 22.7. The zero-order chi connectivity index (χ0) is 15.1. The molecule has 0 aliphatic rings. The SMILES string of the molecule is CC(C)NC(=O)OCc1ccc(OC(=O)C(C)C)cc1. The molecule has 0 fully saturated rings. The maximum atomic E-state index is 11.4. The third-order valence-corrected chi connectivity index (χ3v) is 2.39. The summed E-state index contributed by atoms with van der Waals surface area (Å²) in [5.41, 5.74) is 0.827. The van der Waals surface area contributed by atoms with Crippen molar-refractivity contribution in [2.45, 2.75) is 40.3 Å². The Balaban J connectivity index is 2.46. The summed E-state index contributed by atoms with van der Waals surface area (Å²) < 4.78 is 10.2. The summed E-state index contributed by atoms with van der Waals surface area (Å²) in [7, 11) is 0. The Hall–Kier alpha value is -2.04. The lowest BCUT2D eigenvalue weighted by molar-refractivity contribution is -0.137. The van der Waals surface area contributed by atoms with Crippen LogP contribution in [-0.4, -0.2) is 18.1 Å². The lowest BCUT2D eigenvalue weighted by atomic mass is 10.2. The zero-order valence-electron chi connectivity index (χ0n) is 12.3. The lowest BCUT2D eigenvalue weighted by Crippen LogP contribution is -2.30. The minimum Gasteiger partial charge on any atom is -0.445 e. The normalized spacial score (nSPS) is 10.5. The molecule has 0 saturated heterocycles. The van der Waals surface area contributed by atoms with Crippen molar-refractivity contribution in [3.05, 3.63) is 29.8 Å². The van der Waals surface area contributed by atoms with Crippen molar-refractivity contribution in [1.29, 1.82) is 0 Å². The second kappa shape index (κ2) is 7.53. The van der Waals surface area contributed by atoms with E-state index in [9.17, 15) is 9.59 Å². The van der Waals surface area contributed by atoms with Crippen molar-refractivity contribution < 1.29 is 19.1 Å². The Morgan fingerprint density at radius 1 is 1.10 bits per heavy atom. The van der Waals surface area contributed by atoms with Crippen LogP contribution in [0.25, 0.3) is 0 Å². The van der Waals surface area contributed by atoms with Gasteiger partial charge < -0.3 is 14.8 Å². The molecule has 1 aromatic carbocycles. The van der Waals surface area contributed by atoms with E-state index < -0.39 is 6.09 Å². The van der Waals surface area contributed by atoms with Gasteiger partial charge in [-0.15, -0.1) is 0 Å². The molecule has 0 aliphatic carbocycles. The summed E-state index contributed by atoms with van der Waals surface area (Å²) in [5, 5.41) is 2.63. The second-order valence-electron chi connectivity index (χ2n) is 5.09. The van der Waals surface area contributed by atoms with Gasteiger partial charge in [0.1, 0.15) is 12.4 Å². The van der Waals surface area contributed by atoms with Gasteiger partial charge in [-0.3, -0.25) is 4.79 Å². The van der Waals surface area contributed by atoms with Gasteiger partial charge in [0.25, 0.3) is 0 Å². The van der Waals surface area contributed by atoms with E-state index in [1.54, 1.807) is 38.1 Å². The van der Waals surface area contributed by atoms with Crippen LogP contribution >= 0.6 is 0 Å². The molecule has 5 nitrogen and oxygen atoms in total. The van der Waals surface area contributed by atoms with Crippen molar-refractivity contribution in [3.8, 4) is 5.75 Å². The molecule has 1 aromatic rings. The number of carbonyl (C=O) groups excluding carboxylic acids is 2. The molecular formula is C15H21NO4. The van der Waals surface area contributed by atoms with Gasteiger partial charge in [0.05, 0.1) is 5.92 Å². The molecule has 0 aliphatic heterocycles. The van der Waals surface area contributed by atoms with Gasteiger partial charge in [-0.05, 0) is 31.5 Å². The fourth-order valence-corrected chi connectivity index (χ4v) is 1.31. The van der Waals surface area contributed by atoms with Crippen LogP contribution in [-0.2, 0) is 16.1 Å². The van der Waals surface area contributed by atoms with Crippen molar-refractivity contribution >= 4 is 12.1 Å². The number of hydrogen-bond acceptors (Lipinski definition) is 4. The van der Waals surface area contributed by atoms with Crippen molar-refractivity contribution in [1.82, 2.24) is 5.32 Å². The average molecular weight is 279 g/mol. The molecule has 0 heterocycles. The molecule has 1 N–H and O–H groups in total. The standard InChI is InChI=1S/C15H21NO4/c1-10(2)14(17)20-13-7-5-12(6-8-13)9-19-15(18)16-11(3)4/h5-8,10-11H,9H2,1-4H3,(H,16,18). The number of esters is 1. The van der Waals surface area contributed by atoms with E-state index in [1.165, 1.54) is 0 Å². The van der Waals surface area contributed by atoms with E-state index in [1.807, 2.05) is 13.8 Å². The van der Waals surface area contributed by atoms with Crippen LogP contribution in [0, 0.1) is 5.92 Å². The monoisotopic (exact) mass is 279 g/mol. The van der Waals surface area contributed by atoms with Gasteiger partial charge >= 0.3 is 12.1 Å². The van der Waals surface area contributed by atoms with Crippen LogP contribution in [0.2, 0.25) is 0 Å². The Morgan fingerprint density at radius 3 is 2.20 bits per heavy atom. The highest BCUT2D eigenvalue weighted by Crippen LogP contribution is 2.14. The topological polar surface area (TPSA) is 64.6 Å². The first-order valence-corrected chi connectivity index (χ1v) is 6.62. The number of nitrogens with one attached hydrogen (secondary N) is 1. The van der Waals surface area contributed by atoms with Crippen molar-refractivity contribution in [3.63, 3.8) is 0 Å². The summed E-state index contributed by atoms with van der Waals surface area (Å²) in [6, 6.07) is 6.91. The molecular weight excluding hydrogens is 258 g/mol. The highest BCUT2D eigenvalue weighted by atomic mass is 16.5. The number of ether oxygens (including phenoxy) is 2.